The summed E-state index contributed by atoms with van der Waals surface area (Å²) in [7, 11) is 0. The number of aromatic nitrogens is 5. The van der Waals surface area contributed by atoms with Gasteiger partial charge in [0.2, 0.25) is 0 Å². The minimum atomic E-state index is -0.0728. The number of carbonyl (C=O) groups excluding carboxylic acids is 1. The number of hydrogen-bond acceptors (Lipinski definition) is 6. The van der Waals surface area contributed by atoms with Crippen LogP contribution in [-0.4, -0.2) is 43.2 Å². The fourth-order valence-electron chi connectivity index (χ4n) is 3.59. The molecule has 3 aromatic rings. The first-order valence-corrected chi connectivity index (χ1v) is 10.0. The summed E-state index contributed by atoms with van der Waals surface area (Å²) in [4.78, 5) is 28.2. The molecule has 8 heteroatoms. The smallest absolute Gasteiger partial charge is 0.272 e. The molecular formula is C21H23N7O. The van der Waals surface area contributed by atoms with Crippen molar-refractivity contribution in [2.45, 2.75) is 45.3 Å². The summed E-state index contributed by atoms with van der Waals surface area (Å²) < 4.78 is 1.96. The average molecular weight is 389 g/mol. The van der Waals surface area contributed by atoms with Crippen molar-refractivity contribution in [2.75, 3.05) is 11.4 Å². The minimum absolute atomic E-state index is 0.0728. The predicted molar refractivity (Wildman–Crippen MR) is 108 cm³/mol. The highest BCUT2D eigenvalue weighted by Crippen LogP contribution is 2.24. The van der Waals surface area contributed by atoms with E-state index in [1.807, 2.05) is 35.9 Å². The minimum Gasteiger partial charge on any atom is -0.351 e. The Morgan fingerprint density at radius 2 is 2.10 bits per heavy atom. The maximum absolute atomic E-state index is 12.4. The molecule has 4 heterocycles. The number of anilines is 1. The Bertz CT molecular complexity index is 1040. The molecule has 0 saturated heterocycles. The molecule has 1 amide bonds. The molecule has 1 N–H and O–H groups in total. The Balaban J connectivity index is 1.42. The summed E-state index contributed by atoms with van der Waals surface area (Å²) in [6.45, 7) is 4.30. The van der Waals surface area contributed by atoms with Gasteiger partial charge in [-0.25, -0.2) is 9.97 Å². The second-order valence-corrected chi connectivity index (χ2v) is 7.70. The van der Waals surface area contributed by atoms with Crippen LogP contribution >= 0.6 is 0 Å². The summed E-state index contributed by atoms with van der Waals surface area (Å²) in [5.74, 6) is 1.49. The van der Waals surface area contributed by atoms with Crippen molar-refractivity contribution in [1.29, 1.82) is 0 Å². The van der Waals surface area contributed by atoms with Crippen molar-refractivity contribution >= 4 is 11.7 Å². The molecule has 1 aliphatic heterocycles. The summed E-state index contributed by atoms with van der Waals surface area (Å²) in [5, 5.41) is 7.56. The van der Waals surface area contributed by atoms with Crippen LogP contribution in [0.15, 0.2) is 36.7 Å². The van der Waals surface area contributed by atoms with Crippen molar-refractivity contribution in [1.82, 2.24) is 30.0 Å². The number of pyridine rings is 1. The van der Waals surface area contributed by atoms with Crippen LogP contribution in [0.5, 0.6) is 0 Å². The van der Waals surface area contributed by atoms with E-state index in [1.165, 1.54) is 0 Å². The maximum Gasteiger partial charge on any atom is 0.272 e. The predicted octanol–water partition coefficient (Wildman–Crippen LogP) is 2.35. The number of amides is 1. The maximum atomic E-state index is 12.4. The SMILES string of the molecule is Cc1cc(N2CCCn3nc(C(=O)NC4CC4)cc3C2)nc(-c2cccnc2)n1. The van der Waals surface area contributed by atoms with E-state index in [2.05, 4.69) is 25.3 Å². The number of fused-ring (bicyclic) bond motifs is 1. The van der Waals surface area contributed by atoms with Gasteiger partial charge in [-0.3, -0.25) is 14.5 Å². The summed E-state index contributed by atoms with van der Waals surface area (Å²) in [6.07, 6.45) is 6.59. The van der Waals surface area contributed by atoms with Gasteiger partial charge in [-0.05, 0) is 44.4 Å². The lowest BCUT2D eigenvalue weighted by Gasteiger charge is -2.22. The number of carbonyl (C=O) groups is 1. The molecule has 0 spiro atoms. The van der Waals surface area contributed by atoms with Crippen molar-refractivity contribution < 1.29 is 4.79 Å². The normalized spacial score (nSPS) is 16.2. The highest BCUT2D eigenvalue weighted by Gasteiger charge is 2.26. The third-order valence-electron chi connectivity index (χ3n) is 5.24. The largest absolute Gasteiger partial charge is 0.351 e. The van der Waals surface area contributed by atoms with Gasteiger partial charge in [0.15, 0.2) is 11.5 Å². The second kappa shape index (κ2) is 7.27. The Morgan fingerprint density at radius 3 is 2.90 bits per heavy atom. The van der Waals surface area contributed by atoms with Gasteiger partial charge in [-0.2, -0.15) is 5.10 Å². The molecule has 3 aromatic heterocycles. The number of nitrogens with zero attached hydrogens (tertiary/aromatic N) is 6. The Kier molecular flexibility index (Phi) is 4.46. The van der Waals surface area contributed by atoms with E-state index in [0.29, 0.717) is 24.1 Å². The standard InChI is InChI=1S/C21H23N7O/c1-14-10-19(25-20(23-14)15-4-2-7-22-12-15)27-8-3-9-28-17(13-27)11-18(26-28)21(29)24-16-5-6-16/h2,4,7,10-12,16H,3,5-6,8-9,13H2,1H3,(H,24,29). The summed E-state index contributed by atoms with van der Waals surface area (Å²) >= 11 is 0. The zero-order valence-corrected chi connectivity index (χ0v) is 16.4. The van der Waals surface area contributed by atoms with Gasteiger partial charge < -0.3 is 10.2 Å². The van der Waals surface area contributed by atoms with Gasteiger partial charge >= 0.3 is 0 Å². The number of rotatable bonds is 4. The molecule has 0 bridgehead atoms. The van der Waals surface area contributed by atoms with E-state index in [0.717, 1.165) is 55.1 Å². The van der Waals surface area contributed by atoms with Gasteiger partial charge in [0, 0.05) is 48.8 Å². The van der Waals surface area contributed by atoms with E-state index in [9.17, 15) is 4.79 Å². The zero-order chi connectivity index (χ0) is 19.8. The fraction of sp³-hybridized carbons (Fsp3) is 0.381. The molecule has 2 aliphatic rings. The summed E-state index contributed by atoms with van der Waals surface area (Å²) in [5.41, 5.74) is 3.35. The third kappa shape index (κ3) is 3.83. The van der Waals surface area contributed by atoms with E-state index < -0.39 is 0 Å². The fourth-order valence-corrected chi connectivity index (χ4v) is 3.59. The topological polar surface area (TPSA) is 88.8 Å². The quantitative estimate of drug-likeness (QED) is 0.737. The van der Waals surface area contributed by atoms with Crippen LogP contribution in [0.4, 0.5) is 5.82 Å². The molecule has 148 valence electrons. The molecule has 1 aliphatic carbocycles. The molecule has 29 heavy (non-hydrogen) atoms. The zero-order valence-electron chi connectivity index (χ0n) is 16.4. The van der Waals surface area contributed by atoms with Gasteiger partial charge in [0.05, 0.1) is 12.2 Å². The number of aryl methyl sites for hydroxylation is 2. The monoisotopic (exact) mass is 389 g/mol. The Hall–Kier alpha value is -3.29. The molecular weight excluding hydrogens is 366 g/mol. The Morgan fingerprint density at radius 1 is 1.21 bits per heavy atom. The lowest BCUT2D eigenvalue weighted by Crippen LogP contribution is -2.26. The molecule has 0 aromatic carbocycles. The first-order chi connectivity index (χ1) is 14.2. The van der Waals surface area contributed by atoms with Crippen LogP contribution in [-0.2, 0) is 13.1 Å². The van der Waals surface area contributed by atoms with Crippen LogP contribution < -0.4 is 10.2 Å². The average Bonchev–Trinajstić information content (AvgIpc) is 3.49. The van der Waals surface area contributed by atoms with E-state index in [1.54, 1.807) is 12.4 Å². The van der Waals surface area contributed by atoms with E-state index in [-0.39, 0.29) is 5.91 Å². The van der Waals surface area contributed by atoms with Crippen LogP contribution in [0, 0.1) is 6.92 Å². The van der Waals surface area contributed by atoms with Crippen molar-refractivity contribution in [3.05, 3.63) is 53.7 Å². The van der Waals surface area contributed by atoms with Crippen LogP contribution in [0.1, 0.15) is 41.1 Å². The van der Waals surface area contributed by atoms with Crippen LogP contribution in [0.3, 0.4) is 0 Å². The molecule has 0 unspecified atom stereocenters. The van der Waals surface area contributed by atoms with Gasteiger partial charge in [-0.1, -0.05) is 0 Å². The first-order valence-electron chi connectivity index (χ1n) is 10.0. The molecule has 1 fully saturated rings. The van der Waals surface area contributed by atoms with Crippen LogP contribution in [0.25, 0.3) is 11.4 Å². The van der Waals surface area contributed by atoms with Gasteiger partial charge in [0.1, 0.15) is 5.82 Å². The van der Waals surface area contributed by atoms with Crippen molar-refractivity contribution in [3.63, 3.8) is 0 Å². The van der Waals surface area contributed by atoms with Crippen LogP contribution in [0.2, 0.25) is 0 Å². The number of hydrogen-bond donors (Lipinski definition) is 1. The Labute approximate surface area is 169 Å². The second-order valence-electron chi connectivity index (χ2n) is 7.70. The lowest BCUT2D eigenvalue weighted by atomic mass is 10.2. The lowest BCUT2D eigenvalue weighted by molar-refractivity contribution is 0.0945. The molecule has 5 rings (SSSR count). The highest BCUT2D eigenvalue weighted by molar-refractivity contribution is 5.92. The summed E-state index contributed by atoms with van der Waals surface area (Å²) in [6, 6.07) is 8.10. The first kappa shape index (κ1) is 17.8. The molecule has 0 atom stereocenters. The highest BCUT2D eigenvalue weighted by atomic mass is 16.2. The van der Waals surface area contributed by atoms with Crippen molar-refractivity contribution in [3.8, 4) is 11.4 Å². The molecule has 1 saturated carbocycles. The van der Waals surface area contributed by atoms with Gasteiger partial charge in [-0.15, -0.1) is 0 Å². The number of nitrogens with one attached hydrogen (secondary N) is 1. The molecule has 0 radical (unpaired) electrons. The molecule has 8 nitrogen and oxygen atoms in total. The van der Waals surface area contributed by atoms with E-state index >= 15 is 0 Å². The van der Waals surface area contributed by atoms with Gasteiger partial charge in [0.25, 0.3) is 5.91 Å². The van der Waals surface area contributed by atoms with Crippen molar-refractivity contribution in [2.24, 2.45) is 0 Å². The van der Waals surface area contributed by atoms with E-state index in [4.69, 9.17) is 4.98 Å². The third-order valence-corrected chi connectivity index (χ3v) is 5.24.